The summed E-state index contributed by atoms with van der Waals surface area (Å²) >= 11 is 7.02. The third-order valence-electron chi connectivity index (χ3n) is 8.36. The number of hydrogen-bond donors (Lipinski definition) is 0. The van der Waals surface area contributed by atoms with Gasteiger partial charge in [-0.1, -0.05) is 50.2 Å². The van der Waals surface area contributed by atoms with Crippen LogP contribution in [0.15, 0.2) is 41.7 Å². The SMILES string of the molecule is C=CC(=O)N1CCN(c2nc(=O)n(-c3c(CC)cccc3CC)c3nc(N4CCOC(CN(C)C)C4)c(Cl)cc23)C(C)C1. The number of likely N-dealkylation sites (N-methyl/N-ethyl adjacent to an activating group) is 1. The zero-order chi connectivity index (χ0) is 30.8. The van der Waals surface area contributed by atoms with Gasteiger partial charge in [-0.15, -0.1) is 0 Å². The van der Waals surface area contributed by atoms with Crippen LogP contribution >= 0.6 is 11.6 Å². The number of para-hydroxylation sites is 1. The molecule has 0 radical (unpaired) electrons. The highest BCUT2D eigenvalue weighted by Gasteiger charge is 2.31. The van der Waals surface area contributed by atoms with Gasteiger partial charge in [-0.3, -0.25) is 4.79 Å². The second kappa shape index (κ2) is 13.0. The van der Waals surface area contributed by atoms with Crippen molar-refractivity contribution in [2.24, 2.45) is 0 Å². The lowest BCUT2D eigenvalue weighted by molar-refractivity contribution is -0.126. The van der Waals surface area contributed by atoms with E-state index in [1.165, 1.54) is 6.08 Å². The van der Waals surface area contributed by atoms with Crippen LogP contribution in [0.4, 0.5) is 11.6 Å². The van der Waals surface area contributed by atoms with E-state index in [4.69, 9.17) is 26.3 Å². The highest BCUT2D eigenvalue weighted by molar-refractivity contribution is 6.33. The molecule has 2 unspecified atom stereocenters. The Morgan fingerprint density at radius 3 is 2.47 bits per heavy atom. The van der Waals surface area contributed by atoms with Crippen molar-refractivity contribution in [2.75, 3.05) is 69.8 Å². The topological polar surface area (TPSA) is 87.0 Å². The van der Waals surface area contributed by atoms with Crippen LogP contribution in [-0.4, -0.2) is 102 Å². The van der Waals surface area contributed by atoms with E-state index in [2.05, 4.69) is 47.3 Å². The second-order valence-electron chi connectivity index (χ2n) is 11.6. The zero-order valence-electron chi connectivity index (χ0n) is 25.8. The van der Waals surface area contributed by atoms with Crippen LogP contribution in [0.25, 0.3) is 16.7 Å². The number of ether oxygens (including phenoxy) is 1. The first-order valence-electron chi connectivity index (χ1n) is 15.1. The minimum atomic E-state index is -0.386. The maximum atomic E-state index is 14.1. The minimum absolute atomic E-state index is 0.00967. The Kier molecular flexibility index (Phi) is 9.39. The molecule has 2 fully saturated rings. The smallest absolute Gasteiger partial charge is 0.355 e. The fourth-order valence-corrected chi connectivity index (χ4v) is 6.54. The molecule has 3 aromatic rings. The summed E-state index contributed by atoms with van der Waals surface area (Å²) in [5, 5.41) is 1.20. The molecule has 0 spiro atoms. The van der Waals surface area contributed by atoms with Crippen molar-refractivity contribution in [1.29, 1.82) is 0 Å². The van der Waals surface area contributed by atoms with Crippen LogP contribution in [0.1, 0.15) is 31.9 Å². The lowest BCUT2D eigenvalue weighted by Gasteiger charge is -2.40. The van der Waals surface area contributed by atoms with Gasteiger partial charge in [-0.25, -0.2) is 14.3 Å². The first-order valence-corrected chi connectivity index (χ1v) is 15.5. The molecule has 2 aliphatic rings. The van der Waals surface area contributed by atoms with E-state index in [1.54, 1.807) is 9.47 Å². The molecule has 0 saturated carbocycles. The van der Waals surface area contributed by atoms with Crippen LogP contribution in [0.2, 0.25) is 5.02 Å². The minimum Gasteiger partial charge on any atom is -0.373 e. The molecular formula is C32H42ClN7O3. The molecule has 230 valence electrons. The number of rotatable bonds is 8. The first-order chi connectivity index (χ1) is 20.7. The third-order valence-corrected chi connectivity index (χ3v) is 8.64. The lowest BCUT2D eigenvalue weighted by Crippen LogP contribution is -2.54. The number of hydrogen-bond acceptors (Lipinski definition) is 8. The molecule has 1 amide bonds. The number of aryl methyl sites for hydroxylation is 2. The van der Waals surface area contributed by atoms with Crippen LogP contribution in [0, 0.1) is 0 Å². The number of morpholine rings is 1. The molecule has 10 nitrogen and oxygen atoms in total. The Morgan fingerprint density at radius 1 is 1.12 bits per heavy atom. The number of nitrogens with zero attached hydrogens (tertiary/aromatic N) is 7. The number of anilines is 2. The van der Waals surface area contributed by atoms with E-state index in [0.717, 1.165) is 36.2 Å². The average Bonchev–Trinajstić information content (AvgIpc) is 2.99. The molecule has 11 heteroatoms. The third kappa shape index (κ3) is 6.14. The van der Waals surface area contributed by atoms with Gasteiger partial charge in [0.05, 0.1) is 28.8 Å². The Morgan fingerprint density at radius 2 is 1.84 bits per heavy atom. The molecule has 0 bridgehead atoms. The summed E-state index contributed by atoms with van der Waals surface area (Å²) in [6.45, 7) is 14.0. The number of halogens is 1. The molecule has 5 rings (SSSR count). The van der Waals surface area contributed by atoms with Crippen molar-refractivity contribution < 1.29 is 9.53 Å². The van der Waals surface area contributed by atoms with E-state index in [1.807, 2.05) is 33.2 Å². The number of pyridine rings is 1. The van der Waals surface area contributed by atoms with Crippen molar-refractivity contribution in [3.05, 3.63) is 63.6 Å². The fraction of sp³-hybridized carbons (Fsp3) is 0.500. The average molecular weight is 608 g/mol. The van der Waals surface area contributed by atoms with Gasteiger partial charge in [0.1, 0.15) is 11.6 Å². The van der Waals surface area contributed by atoms with Crippen molar-refractivity contribution >= 4 is 40.2 Å². The van der Waals surface area contributed by atoms with Crippen LogP contribution < -0.4 is 15.5 Å². The van der Waals surface area contributed by atoms with E-state index in [9.17, 15) is 9.59 Å². The number of benzene rings is 1. The van der Waals surface area contributed by atoms with Crippen molar-refractivity contribution in [3.63, 3.8) is 0 Å². The molecule has 4 heterocycles. The van der Waals surface area contributed by atoms with Crippen LogP contribution in [-0.2, 0) is 22.4 Å². The summed E-state index contributed by atoms with van der Waals surface area (Å²) in [4.78, 5) is 44.5. The molecule has 43 heavy (non-hydrogen) atoms. The molecule has 1 aromatic carbocycles. The van der Waals surface area contributed by atoms with Crippen LogP contribution in [0.5, 0.6) is 0 Å². The zero-order valence-corrected chi connectivity index (χ0v) is 26.6. The lowest BCUT2D eigenvalue weighted by atomic mass is 10.0. The van der Waals surface area contributed by atoms with E-state index < -0.39 is 0 Å². The van der Waals surface area contributed by atoms with Crippen molar-refractivity contribution in [2.45, 2.75) is 45.8 Å². The number of piperazine rings is 1. The number of amides is 1. The maximum Gasteiger partial charge on any atom is 0.355 e. The molecule has 2 saturated heterocycles. The van der Waals surface area contributed by atoms with E-state index in [0.29, 0.717) is 67.0 Å². The maximum absolute atomic E-state index is 14.1. The van der Waals surface area contributed by atoms with Gasteiger partial charge in [0, 0.05) is 45.3 Å². The van der Waals surface area contributed by atoms with E-state index in [-0.39, 0.29) is 23.7 Å². The molecule has 2 aliphatic heterocycles. The predicted molar refractivity (Wildman–Crippen MR) is 173 cm³/mol. The van der Waals surface area contributed by atoms with Gasteiger partial charge in [0.2, 0.25) is 5.91 Å². The molecular weight excluding hydrogens is 566 g/mol. The van der Waals surface area contributed by atoms with Crippen LogP contribution in [0.3, 0.4) is 0 Å². The van der Waals surface area contributed by atoms with Gasteiger partial charge >= 0.3 is 5.69 Å². The van der Waals surface area contributed by atoms with Crippen molar-refractivity contribution in [3.8, 4) is 5.69 Å². The number of aromatic nitrogens is 3. The van der Waals surface area contributed by atoms with Gasteiger partial charge in [0.25, 0.3) is 0 Å². The molecule has 2 atom stereocenters. The van der Waals surface area contributed by atoms with Gasteiger partial charge in [-0.2, -0.15) is 4.98 Å². The quantitative estimate of drug-likeness (QED) is 0.360. The standard InChI is InChI=1S/C32H42ClN7O3/c1-7-22-11-10-12-23(8-2)28(22)40-30-25(17-26(33)31(34-30)38-15-16-43-24(20-38)19-36(5)6)29(35-32(40)42)39-14-13-37(18-21(39)4)27(41)9-3/h9-12,17,21,24H,3,7-8,13-16,18-20H2,1-2,4-6H3. The Hall–Kier alpha value is -3.47. The number of fused-ring (bicyclic) bond motifs is 1. The Bertz CT molecular complexity index is 1550. The summed E-state index contributed by atoms with van der Waals surface area (Å²) in [5.41, 5.74) is 3.08. The Labute approximate surface area is 258 Å². The monoisotopic (exact) mass is 607 g/mol. The summed E-state index contributed by atoms with van der Waals surface area (Å²) in [5.74, 6) is 1.07. The summed E-state index contributed by atoms with van der Waals surface area (Å²) in [6, 6.07) is 7.98. The highest BCUT2D eigenvalue weighted by Crippen LogP contribution is 2.35. The summed E-state index contributed by atoms with van der Waals surface area (Å²) in [7, 11) is 4.06. The second-order valence-corrected chi connectivity index (χ2v) is 12.0. The summed E-state index contributed by atoms with van der Waals surface area (Å²) < 4.78 is 7.70. The van der Waals surface area contributed by atoms with Crippen molar-refractivity contribution in [1.82, 2.24) is 24.3 Å². The van der Waals surface area contributed by atoms with E-state index >= 15 is 0 Å². The largest absolute Gasteiger partial charge is 0.373 e. The molecule has 0 N–H and O–H groups in total. The van der Waals surface area contributed by atoms with Gasteiger partial charge < -0.3 is 24.3 Å². The first kappa shape index (κ1) is 31.0. The normalized spacial score (nSPS) is 19.4. The number of carbonyl (C=O) groups excluding carboxylic acids is 1. The highest BCUT2D eigenvalue weighted by atomic mass is 35.5. The Balaban J connectivity index is 1.71. The van der Waals surface area contributed by atoms with Gasteiger partial charge in [-0.05, 0) is 57.1 Å². The molecule has 2 aromatic heterocycles. The number of carbonyl (C=O) groups is 1. The molecule has 0 aliphatic carbocycles. The van der Waals surface area contributed by atoms with Gasteiger partial charge in [0.15, 0.2) is 5.65 Å². The summed E-state index contributed by atoms with van der Waals surface area (Å²) in [6.07, 6.45) is 2.86. The predicted octanol–water partition coefficient (Wildman–Crippen LogP) is 3.55. The fourth-order valence-electron chi connectivity index (χ4n) is 6.27.